The van der Waals surface area contributed by atoms with Gasteiger partial charge in [-0.3, -0.25) is 5.32 Å². The highest BCUT2D eigenvalue weighted by Gasteiger charge is 2.28. The highest BCUT2D eigenvalue weighted by molar-refractivity contribution is 7.91. The van der Waals surface area contributed by atoms with Crippen molar-refractivity contribution in [3.8, 4) is 0 Å². The molecule has 0 aliphatic carbocycles. The standard InChI is InChI=1S/C9H17NO3S/c11-14(12)5-1-2-8(7-14)6-9-10-3-4-13-9/h8-10H,1-7H2. The minimum absolute atomic E-state index is 0.0910. The topological polar surface area (TPSA) is 55.4 Å². The minimum Gasteiger partial charge on any atom is -0.362 e. The Hall–Kier alpha value is -0.130. The van der Waals surface area contributed by atoms with Gasteiger partial charge >= 0.3 is 0 Å². The predicted octanol–water partition coefficient (Wildman–Crippen LogP) is 0.147. The molecule has 4 nitrogen and oxygen atoms in total. The monoisotopic (exact) mass is 219 g/mol. The van der Waals surface area contributed by atoms with Gasteiger partial charge in [0.25, 0.3) is 0 Å². The van der Waals surface area contributed by atoms with Gasteiger partial charge in [-0.1, -0.05) is 0 Å². The van der Waals surface area contributed by atoms with Crippen LogP contribution in [0, 0.1) is 5.92 Å². The van der Waals surface area contributed by atoms with Gasteiger partial charge in [0.15, 0.2) is 9.84 Å². The molecule has 0 bridgehead atoms. The van der Waals surface area contributed by atoms with Crippen LogP contribution < -0.4 is 5.32 Å². The molecule has 1 N–H and O–H groups in total. The number of ether oxygens (including phenoxy) is 1. The first-order valence-corrected chi connectivity index (χ1v) is 7.03. The molecule has 82 valence electrons. The molecule has 5 heteroatoms. The summed E-state index contributed by atoms with van der Waals surface area (Å²) in [5, 5.41) is 3.21. The van der Waals surface area contributed by atoms with Crippen molar-refractivity contribution in [2.75, 3.05) is 24.7 Å². The Morgan fingerprint density at radius 2 is 2.29 bits per heavy atom. The van der Waals surface area contributed by atoms with Crippen molar-refractivity contribution in [1.29, 1.82) is 0 Å². The third-order valence-corrected chi connectivity index (χ3v) is 4.79. The van der Waals surface area contributed by atoms with E-state index in [1.807, 2.05) is 0 Å². The Morgan fingerprint density at radius 1 is 1.43 bits per heavy atom. The molecule has 2 aliphatic heterocycles. The lowest BCUT2D eigenvalue weighted by Crippen LogP contribution is -2.32. The van der Waals surface area contributed by atoms with Gasteiger partial charge in [0.1, 0.15) is 6.23 Å². The first-order valence-electron chi connectivity index (χ1n) is 5.21. The highest BCUT2D eigenvalue weighted by atomic mass is 32.2. The Morgan fingerprint density at radius 3 is 2.93 bits per heavy atom. The maximum absolute atomic E-state index is 11.4. The van der Waals surface area contributed by atoms with Crippen molar-refractivity contribution in [3.05, 3.63) is 0 Å². The fourth-order valence-electron chi connectivity index (χ4n) is 2.24. The largest absolute Gasteiger partial charge is 0.362 e. The molecule has 2 heterocycles. The average Bonchev–Trinajstić information content (AvgIpc) is 2.54. The molecular weight excluding hydrogens is 202 g/mol. The normalized spacial score (nSPS) is 37.1. The van der Waals surface area contributed by atoms with Gasteiger partial charge in [-0.2, -0.15) is 0 Å². The molecule has 2 atom stereocenters. The Bertz CT molecular complexity index is 282. The lowest BCUT2D eigenvalue weighted by atomic mass is 10.0. The second-order valence-corrected chi connectivity index (χ2v) is 6.40. The van der Waals surface area contributed by atoms with E-state index in [9.17, 15) is 8.42 Å². The summed E-state index contributed by atoms with van der Waals surface area (Å²) in [5.41, 5.74) is 0. The van der Waals surface area contributed by atoms with E-state index >= 15 is 0 Å². The van der Waals surface area contributed by atoms with E-state index in [4.69, 9.17) is 4.74 Å². The quantitative estimate of drug-likeness (QED) is 0.718. The maximum Gasteiger partial charge on any atom is 0.150 e. The molecule has 0 aromatic heterocycles. The zero-order valence-corrected chi connectivity index (χ0v) is 9.05. The van der Waals surface area contributed by atoms with Crippen molar-refractivity contribution in [1.82, 2.24) is 5.32 Å². The number of hydrogen-bond donors (Lipinski definition) is 1. The fraction of sp³-hybridized carbons (Fsp3) is 1.00. The molecule has 14 heavy (non-hydrogen) atoms. The zero-order chi connectivity index (χ0) is 10.0. The van der Waals surface area contributed by atoms with Gasteiger partial charge in [0.05, 0.1) is 18.1 Å². The van der Waals surface area contributed by atoms with Gasteiger partial charge in [0, 0.05) is 6.54 Å². The van der Waals surface area contributed by atoms with Crippen molar-refractivity contribution < 1.29 is 13.2 Å². The third-order valence-electron chi connectivity index (χ3n) is 2.90. The van der Waals surface area contributed by atoms with Gasteiger partial charge in [-0.05, 0) is 25.2 Å². The summed E-state index contributed by atoms with van der Waals surface area (Å²) in [6.45, 7) is 1.65. The van der Waals surface area contributed by atoms with Crippen LogP contribution in [0.3, 0.4) is 0 Å². The average molecular weight is 219 g/mol. The molecule has 2 saturated heterocycles. The SMILES string of the molecule is O=S1(=O)CCCC(CC2NCCO2)C1. The fourth-order valence-corrected chi connectivity index (χ4v) is 4.03. The third kappa shape index (κ3) is 2.68. The first kappa shape index (κ1) is 10.4. The van der Waals surface area contributed by atoms with Gasteiger partial charge < -0.3 is 4.74 Å². The van der Waals surface area contributed by atoms with Crippen LogP contribution in [-0.2, 0) is 14.6 Å². The molecule has 0 radical (unpaired) electrons. The molecule has 2 unspecified atom stereocenters. The summed E-state index contributed by atoms with van der Waals surface area (Å²) in [5.74, 6) is 1.03. The summed E-state index contributed by atoms with van der Waals surface area (Å²) in [6.07, 6.45) is 2.79. The molecule has 2 fully saturated rings. The van der Waals surface area contributed by atoms with Crippen LogP contribution in [0.2, 0.25) is 0 Å². The molecular formula is C9H17NO3S. The smallest absolute Gasteiger partial charge is 0.150 e. The van der Waals surface area contributed by atoms with E-state index in [1.165, 1.54) is 0 Å². The van der Waals surface area contributed by atoms with E-state index in [2.05, 4.69) is 5.32 Å². The molecule has 0 aromatic carbocycles. The molecule has 2 rings (SSSR count). The van der Waals surface area contributed by atoms with Crippen LogP contribution >= 0.6 is 0 Å². The number of sulfone groups is 1. The van der Waals surface area contributed by atoms with E-state index in [0.29, 0.717) is 17.4 Å². The molecule has 0 spiro atoms. The zero-order valence-electron chi connectivity index (χ0n) is 8.24. The first-order chi connectivity index (χ1) is 6.66. The summed E-state index contributed by atoms with van der Waals surface area (Å²) in [6, 6.07) is 0. The molecule has 2 aliphatic rings. The van der Waals surface area contributed by atoms with Gasteiger partial charge in [0.2, 0.25) is 0 Å². The lowest BCUT2D eigenvalue weighted by molar-refractivity contribution is 0.0805. The summed E-state index contributed by atoms with van der Waals surface area (Å²) >= 11 is 0. The molecule has 0 amide bonds. The van der Waals surface area contributed by atoms with Gasteiger partial charge in [-0.15, -0.1) is 0 Å². The van der Waals surface area contributed by atoms with E-state index in [-0.39, 0.29) is 6.23 Å². The minimum atomic E-state index is -2.76. The summed E-state index contributed by atoms with van der Waals surface area (Å²) < 4.78 is 28.2. The van der Waals surface area contributed by atoms with Crippen LogP contribution in [0.15, 0.2) is 0 Å². The van der Waals surface area contributed by atoms with E-state index in [0.717, 1.165) is 32.4 Å². The second-order valence-electron chi connectivity index (χ2n) is 4.17. The Labute approximate surface area is 84.9 Å². The van der Waals surface area contributed by atoms with Crippen molar-refractivity contribution in [3.63, 3.8) is 0 Å². The molecule has 0 aromatic rings. The van der Waals surface area contributed by atoms with Crippen molar-refractivity contribution in [2.24, 2.45) is 5.92 Å². The van der Waals surface area contributed by atoms with E-state index in [1.54, 1.807) is 0 Å². The number of hydrogen-bond acceptors (Lipinski definition) is 4. The van der Waals surface area contributed by atoms with Crippen LogP contribution in [0.5, 0.6) is 0 Å². The van der Waals surface area contributed by atoms with E-state index < -0.39 is 9.84 Å². The van der Waals surface area contributed by atoms with Crippen LogP contribution in [0.1, 0.15) is 19.3 Å². The van der Waals surface area contributed by atoms with Crippen molar-refractivity contribution >= 4 is 9.84 Å². The predicted molar refractivity (Wildman–Crippen MR) is 53.7 cm³/mol. The maximum atomic E-state index is 11.4. The summed E-state index contributed by atoms with van der Waals surface area (Å²) in [7, 11) is -2.76. The lowest BCUT2D eigenvalue weighted by Gasteiger charge is -2.24. The second kappa shape index (κ2) is 4.16. The molecule has 0 saturated carbocycles. The Balaban J connectivity index is 1.85. The summed E-state index contributed by atoms with van der Waals surface area (Å²) in [4.78, 5) is 0. The van der Waals surface area contributed by atoms with Crippen LogP contribution in [0.25, 0.3) is 0 Å². The van der Waals surface area contributed by atoms with Crippen molar-refractivity contribution in [2.45, 2.75) is 25.5 Å². The highest BCUT2D eigenvalue weighted by Crippen LogP contribution is 2.23. The number of nitrogens with one attached hydrogen (secondary N) is 1. The van der Waals surface area contributed by atoms with Gasteiger partial charge in [-0.25, -0.2) is 8.42 Å². The van der Waals surface area contributed by atoms with Crippen LogP contribution in [-0.4, -0.2) is 39.3 Å². The number of rotatable bonds is 2. The van der Waals surface area contributed by atoms with Crippen LogP contribution in [0.4, 0.5) is 0 Å². The Kier molecular flexibility index (Phi) is 3.09.